The first-order valence-electron chi connectivity index (χ1n) is 6.58. The smallest absolute Gasteiger partial charge is 1.00 e. The number of nitrogens with zero attached hydrogens (tertiary/aromatic N) is 2. The van der Waals surface area contributed by atoms with Crippen molar-refractivity contribution < 1.29 is 53.6 Å². The first kappa shape index (κ1) is 28.3. The molecule has 0 spiro atoms. The van der Waals surface area contributed by atoms with E-state index in [1.54, 1.807) is 18.8 Å². The minimum atomic E-state index is -0.485. The Morgan fingerprint density at radius 1 is 1.38 bits per heavy atom. The second-order valence-electron chi connectivity index (χ2n) is 4.66. The van der Waals surface area contributed by atoms with Crippen molar-refractivity contribution >= 4 is 11.8 Å². The van der Waals surface area contributed by atoms with Crippen molar-refractivity contribution in [2.45, 2.75) is 12.3 Å². The second-order valence-corrected chi connectivity index (χ2v) is 5.77. The van der Waals surface area contributed by atoms with Crippen LogP contribution in [0.3, 0.4) is 0 Å². The Bertz CT molecular complexity index is 490. The molecule has 0 aliphatic heterocycles. The molecule has 1 aromatic rings. The van der Waals surface area contributed by atoms with Gasteiger partial charge in [-0.1, -0.05) is 0 Å². The van der Waals surface area contributed by atoms with Crippen molar-refractivity contribution in [2.75, 3.05) is 33.4 Å². The normalized spacial score (nSPS) is 10.2. The van der Waals surface area contributed by atoms with Crippen LogP contribution >= 0.6 is 11.8 Å². The number of hydrogen-bond acceptors (Lipinski definition) is 7. The van der Waals surface area contributed by atoms with Crippen LogP contribution in [0.1, 0.15) is 11.5 Å². The largest absolute Gasteiger partial charge is 2.00 e. The first-order valence-corrected chi connectivity index (χ1v) is 7.73. The van der Waals surface area contributed by atoms with Gasteiger partial charge in [0.15, 0.2) is 5.82 Å². The number of hydrogen-bond donors (Lipinski definition) is 2. The van der Waals surface area contributed by atoms with Crippen LogP contribution in [0.5, 0.6) is 0 Å². The molecule has 0 amide bonds. The van der Waals surface area contributed by atoms with E-state index in [0.29, 0.717) is 12.4 Å². The number of thioether (sulfide) groups is 1. The summed E-state index contributed by atoms with van der Waals surface area (Å²) in [5.74, 6) is 3.95. The summed E-state index contributed by atoms with van der Waals surface area (Å²) in [6.07, 6.45) is 0.921. The zero-order chi connectivity index (χ0) is 15.7. The fourth-order valence-corrected chi connectivity index (χ4v) is 2.38. The maximum Gasteiger partial charge on any atom is 2.00 e. The van der Waals surface area contributed by atoms with Crippen LogP contribution in [0.15, 0.2) is 28.6 Å². The molecule has 0 aromatic carbocycles. The molecule has 11 heteroatoms. The van der Waals surface area contributed by atoms with Gasteiger partial charge in [-0.2, -0.15) is 11.8 Å². The average Bonchev–Trinajstić information content (AvgIpc) is 2.83. The van der Waals surface area contributed by atoms with Gasteiger partial charge in [0.1, 0.15) is 11.5 Å². The monoisotopic (exact) mass is 448 g/mol. The summed E-state index contributed by atoms with van der Waals surface area (Å²) in [7, 11) is 5.64. The third-order valence-corrected chi connectivity index (χ3v) is 3.48. The summed E-state index contributed by atoms with van der Waals surface area (Å²) in [5, 5.41) is 16.1. The molecule has 1 rings (SSSR count). The van der Waals surface area contributed by atoms with Crippen LogP contribution in [0.2, 0.25) is 0 Å². The molecule has 0 unspecified atom stereocenters. The van der Waals surface area contributed by atoms with Crippen molar-refractivity contribution in [2.24, 2.45) is 0 Å². The molecule has 0 bridgehead atoms. The molecule has 24 heavy (non-hydrogen) atoms. The van der Waals surface area contributed by atoms with Crippen molar-refractivity contribution in [3.05, 3.63) is 45.8 Å². The van der Waals surface area contributed by atoms with Crippen molar-refractivity contribution in [1.82, 2.24) is 15.5 Å². The molecule has 134 valence electrons. The number of nitro groups is 1. The first-order chi connectivity index (χ1) is 10.0. The van der Waals surface area contributed by atoms with Crippen LogP contribution in [0.4, 0.5) is 0 Å². The topological polar surface area (TPSA) is 83.6 Å². The number of rotatable bonds is 10. The fourth-order valence-electron chi connectivity index (χ4n) is 1.63. The molecule has 0 aliphatic carbocycles. The Hall–Kier alpha value is -0.467. The van der Waals surface area contributed by atoms with E-state index in [1.807, 2.05) is 26.2 Å². The number of nitrogens with one attached hydrogen (secondary N) is 2. The Morgan fingerprint density at radius 2 is 2.00 bits per heavy atom. The predicted molar refractivity (Wildman–Crippen MR) is 84.4 cm³/mol. The van der Waals surface area contributed by atoms with Gasteiger partial charge in [0.25, 0.3) is 6.20 Å². The van der Waals surface area contributed by atoms with Crippen LogP contribution in [-0.4, -0.2) is 43.3 Å². The van der Waals surface area contributed by atoms with Gasteiger partial charge < -0.3 is 44.8 Å². The molecule has 2 N–H and O–H groups in total. The molecule has 1 heterocycles. The molecule has 0 aliphatic rings. The molecule has 0 saturated carbocycles. The van der Waals surface area contributed by atoms with Gasteiger partial charge >= 0.3 is 19.5 Å². The molecule has 0 saturated heterocycles. The van der Waals surface area contributed by atoms with E-state index in [1.165, 1.54) is 0 Å². The van der Waals surface area contributed by atoms with E-state index in [2.05, 4.69) is 15.5 Å². The SMILES string of the molecule is CN/C(=C/[N+](=O)[O-])NCCSCc1ccc(CN(C)C)o1.[Cl-].[Cl-].[Zn+2]. The molecule has 0 atom stereocenters. The minimum absolute atomic E-state index is 0. The quantitative estimate of drug-likeness (QED) is 0.161. The summed E-state index contributed by atoms with van der Waals surface area (Å²) in [4.78, 5) is 11.9. The van der Waals surface area contributed by atoms with Crippen molar-refractivity contribution in [3.63, 3.8) is 0 Å². The maximum atomic E-state index is 10.3. The maximum absolute atomic E-state index is 10.3. The molecule has 7 nitrogen and oxygen atoms in total. The van der Waals surface area contributed by atoms with Gasteiger partial charge in [-0.25, -0.2) is 0 Å². The van der Waals surface area contributed by atoms with Crippen LogP contribution < -0.4 is 35.4 Å². The van der Waals surface area contributed by atoms with E-state index in [9.17, 15) is 10.1 Å². The summed E-state index contributed by atoms with van der Waals surface area (Å²) >= 11 is 1.72. The van der Waals surface area contributed by atoms with Gasteiger partial charge in [0, 0.05) is 19.3 Å². The van der Waals surface area contributed by atoms with Gasteiger partial charge in [-0.3, -0.25) is 10.1 Å². The Morgan fingerprint density at radius 3 is 2.54 bits per heavy atom. The predicted octanol–water partition coefficient (Wildman–Crippen LogP) is -4.54. The van der Waals surface area contributed by atoms with Crippen LogP contribution in [0.25, 0.3) is 0 Å². The molecule has 1 aromatic heterocycles. The zero-order valence-electron chi connectivity index (χ0n) is 14.1. The second kappa shape index (κ2) is 16.0. The summed E-state index contributed by atoms with van der Waals surface area (Å²) < 4.78 is 5.70. The minimum Gasteiger partial charge on any atom is -1.00 e. The van der Waals surface area contributed by atoms with E-state index < -0.39 is 4.92 Å². The Kier molecular flexibility index (Phi) is 18.9. The summed E-state index contributed by atoms with van der Waals surface area (Å²) in [6, 6.07) is 3.98. The number of halogens is 2. The van der Waals surface area contributed by atoms with E-state index in [4.69, 9.17) is 4.42 Å². The number of furan rings is 1. The van der Waals surface area contributed by atoms with Crippen LogP contribution in [-0.2, 0) is 31.8 Å². The fraction of sp³-hybridized carbons (Fsp3) is 0.538. The van der Waals surface area contributed by atoms with Crippen molar-refractivity contribution in [1.29, 1.82) is 0 Å². The van der Waals surface area contributed by atoms with E-state index in [-0.39, 0.29) is 44.3 Å². The van der Waals surface area contributed by atoms with Gasteiger partial charge in [-0.15, -0.1) is 0 Å². The van der Waals surface area contributed by atoms with Gasteiger partial charge in [0.05, 0.1) is 17.2 Å². The summed E-state index contributed by atoms with van der Waals surface area (Å²) in [5.41, 5.74) is 0. The molecule has 0 radical (unpaired) electrons. The standard InChI is InChI=1S/C13H22N4O3S.2ClH.Zn/c1-14-13(9-17(18)19)15-6-7-21-10-12-5-4-11(20-12)8-16(2)3;;;/h4-5,9,14-15H,6-8,10H2,1-3H3;2*1H;/q;;;+2/p-2/b13-9-;;;. The van der Waals surface area contributed by atoms with Crippen LogP contribution in [0, 0.1) is 10.1 Å². The summed E-state index contributed by atoms with van der Waals surface area (Å²) in [6.45, 7) is 1.44. The average molecular weight is 451 g/mol. The zero-order valence-corrected chi connectivity index (χ0v) is 19.3. The Balaban J connectivity index is -0.00000147. The van der Waals surface area contributed by atoms with Crippen molar-refractivity contribution in [3.8, 4) is 0 Å². The molecule has 0 fully saturated rings. The molecular weight excluding hydrogens is 429 g/mol. The van der Waals surface area contributed by atoms with E-state index in [0.717, 1.165) is 35.8 Å². The van der Waals surface area contributed by atoms with Gasteiger partial charge in [0.2, 0.25) is 0 Å². The Labute approximate surface area is 172 Å². The third-order valence-electron chi connectivity index (χ3n) is 2.50. The van der Waals surface area contributed by atoms with Gasteiger partial charge in [-0.05, 0) is 26.2 Å². The molecular formula is C13H22Cl2N4O3SZn. The van der Waals surface area contributed by atoms with E-state index >= 15 is 0 Å². The third kappa shape index (κ3) is 12.9.